The number of nitrogens with one attached hydrogen (secondary N) is 2. The van der Waals surface area contributed by atoms with E-state index < -0.39 is 29.8 Å². The van der Waals surface area contributed by atoms with Crippen molar-refractivity contribution in [1.82, 2.24) is 5.32 Å². The Kier molecular flexibility index (Phi) is 4.19. The van der Waals surface area contributed by atoms with Crippen molar-refractivity contribution < 1.29 is 23.8 Å². The van der Waals surface area contributed by atoms with E-state index in [-0.39, 0.29) is 13.2 Å². The van der Waals surface area contributed by atoms with Gasteiger partial charge in [-0.1, -0.05) is 6.07 Å². The van der Waals surface area contributed by atoms with Gasteiger partial charge in [-0.25, -0.2) is 9.18 Å². The molecular formula is C13H15FN2O4. The van der Waals surface area contributed by atoms with Crippen molar-refractivity contribution in [2.45, 2.75) is 13.0 Å². The van der Waals surface area contributed by atoms with Crippen LogP contribution in [0.2, 0.25) is 0 Å². The molecule has 0 aromatic heterocycles. The second-order valence-corrected chi connectivity index (χ2v) is 4.65. The minimum atomic E-state index is -1.02. The average Bonchev–Trinajstić information content (AvgIpc) is 2.82. The summed E-state index contributed by atoms with van der Waals surface area (Å²) in [6.07, 6.45) is 0. The molecule has 0 bridgehead atoms. The second kappa shape index (κ2) is 5.87. The van der Waals surface area contributed by atoms with Gasteiger partial charge in [0.15, 0.2) is 0 Å². The molecule has 2 amide bonds. The van der Waals surface area contributed by atoms with Gasteiger partial charge in [0.05, 0.1) is 19.3 Å². The van der Waals surface area contributed by atoms with E-state index in [0.29, 0.717) is 11.3 Å². The molecule has 0 spiro atoms. The van der Waals surface area contributed by atoms with Crippen molar-refractivity contribution in [3.63, 3.8) is 0 Å². The third-order valence-electron chi connectivity index (χ3n) is 3.14. The molecule has 2 rings (SSSR count). The number of carboxylic acids is 1. The summed E-state index contributed by atoms with van der Waals surface area (Å²) in [7, 11) is 0. The van der Waals surface area contributed by atoms with Gasteiger partial charge >= 0.3 is 12.0 Å². The number of carbonyl (C=O) groups is 2. The van der Waals surface area contributed by atoms with E-state index in [2.05, 4.69) is 10.6 Å². The van der Waals surface area contributed by atoms with E-state index in [1.54, 1.807) is 19.1 Å². The Morgan fingerprint density at radius 2 is 2.15 bits per heavy atom. The van der Waals surface area contributed by atoms with Crippen molar-refractivity contribution >= 4 is 17.7 Å². The zero-order valence-corrected chi connectivity index (χ0v) is 10.9. The largest absolute Gasteiger partial charge is 0.481 e. The normalized spacial score (nSPS) is 21.5. The Morgan fingerprint density at radius 1 is 1.40 bits per heavy atom. The predicted molar refractivity (Wildman–Crippen MR) is 69.0 cm³/mol. The van der Waals surface area contributed by atoms with Crippen molar-refractivity contribution in [2.75, 3.05) is 18.5 Å². The highest BCUT2D eigenvalue weighted by Crippen LogP contribution is 2.16. The third kappa shape index (κ3) is 3.24. The maximum absolute atomic E-state index is 13.3. The quantitative estimate of drug-likeness (QED) is 0.781. The highest BCUT2D eigenvalue weighted by Gasteiger charge is 2.35. The number of benzene rings is 1. The van der Waals surface area contributed by atoms with Crippen LogP contribution in [-0.2, 0) is 9.53 Å². The third-order valence-corrected chi connectivity index (χ3v) is 3.14. The fraction of sp³-hybridized carbons (Fsp3) is 0.385. The molecule has 1 saturated heterocycles. The Labute approximate surface area is 114 Å². The first-order chi connectivity index (χ1) is 9.47. The number of hydrogen-bond acceptors (Lipinski definition) is 3. The number of carboxylic acid groups (broad SMARTS) is 1. The Hall–Kier alpha value is -2.15. The lowest BCUT2D eigenvalue weighted by molar-refractivity contribution is -0.142. The minimum absolute atomic E-state index is 0.0689. The molecule has 1 aliphatic rings. The first-order valence-corrected chi connectivity index (χ1v) is 6.11. The summed E-state index contributed by atoms with van der Waals surface area (Å²) in [6, 6.07) is 3.13. The molecular weight excluding hydrogens is 267 g/mol. The number of ether oxygens (including phenoxy) is 1. The molecule has 3 N–H and O–H groups in total. The smallest absolute Gasteiger partial charge is 0.319 e. The van der Waals surface area contributed by atoms with Crippen molar-refractivity contribution in [1.29, 1.82) is 0 Å². The number of rotatable bonds is 3. The van der Waals surface area contributed by atoms with Crippen LogP contribution in [0.15, 0.2) is 18.2 Å². The lowest BCUT2D eigenvalue weighted by Crippen LogP contribution is -2.44. The molecule has 1 heterocycles. The molecule has 1 aromatic rings. The maximum Gasteiger partial charge on any atom is 0.319 e. The lowest BCUT2D eigenvalue weighted by Gasteiger charge is -2.16. The van der Waals surface area contributed by atoms with Gasteiger partial charge in [-0.15, -0.1) is 0 Å². The van der Waals surface area contributed by atoms with E-state index in [4.69, 9.17) is 9.84 Å². The number of halogens is 1. The van der Waals surface area contributed by atoms with Gasteiger partial charge in [0, 0.05) is 5.69 Å². The van der Waals surface area contributed by atoms with Crippen molar-refractivity contribution in [3.05, 3.63) is 29.6 Å². The SMILES string of the molecule is Cc1ccc(NC(=O)NC2COCC2C(=O)O)cc1F. The monoisotopic (exact) mass is 282 g/mol. The van der Waals surface area contributed by atoms with Crippen LogP contribution in [0.1, 0.15) is 5.56 Å². The van der Waals surface area contributed by atoms with E-state index in [0.717, 1.165) is 0 Å². The van der Waals surface area contributed by atoms with Crippen LogP contribution in [0.5, 0.6) is 0 Å². The van der Waals surface area contributed by atoms with Crippen LogP contribution in [0.4, 0.5) is 14.9 Å². The lowest BCUT2D eigenvalue weighted by atomic mass is 10.0. The van der Waals surface area contributed by atoms with Crippen molar-refractivity contribution in [3.8, 4) is 0 Å². The van der Waals surface area contributed by atoms with Gasteiger partial charge in [-0.3, -0.25) is 4.79 Å². The molecule has 2 unspecified atom stereocenters. The average molecular weight is 282 g/mol. The summed E-state index contributed by atoms with van der Waals surface area (Å²) in [6.45, 7) is 1.83. The van der Waals surface area contributed by atoms with Crippen LogP contribution < -0.4 is 10.6 Å². The predicted octanol–water partition coefficient (Wildman–Crippen LogP) is 1.36. The molecule has 1 aliphatic heterocycles. The highest BCUT2D eigenvalue weighted by atomic mass is 19.1. The van der Waals surface area contributed by atoms with Gasteiger partial charge in [-0.05, 0) is 24.6 Å². The molecule has 6 nitrogen and oxygen atoms in total. The number of amides is 2. The second-order valence-electron chi connectivity index (χ2n) is 4.65. The number of aliphatic carboxylic acids is 1. The van der Waals surface area contributed by atoms with E-state index >= 15 is 0 Å². The summed E-state index contributed by atoms with van der Waals surface area (Å²) in [5.74, 6) is -2.21. The van der Waals surface area contributed by atoms with E-state index in [1.807, 2.05) is 0 Å². The van der Waals surface area contributed by atoms with Crippen LogP contribution in [0, 0.1) is 18.7 Å². The summed E-state index contributed by atoms with van der Waals surface area (Å²) in [5.41, 5.74) is 0.780. The summed E-state index contributed by atoms with van der Waals surface area (Å²) in [5, 5.41) is 13.9. The van der Waals surface area contributed by atoms with Crippen molar-refractivity contribution in [2.24, 2.45) is 5.92 Å². The van der Waals surface area contributed by atoms with Crippen LogP contribution in [0.3, 0.4) is 0 Å². The molecule has 0 saturated carbocycles. The summed E-state index contributed by atoms with van der Waals surface area (Å²) >= 11 is 0. The Morgan fingerprint density at radius 3 is 2.80 bits per heavy atom. The van der Waals surface area contributed by atoms with Crippen LogP contribution in [-0.4, -0.2) is 36.4 Å². The summed E-state index contributed by atoms with van der Waals surface area (Å²) in [4.78, 5) is 22.7. The highest BCUT2D eigenvalue weighted by molar-refractivity contribution is 5.90. The topological polar surface area (TPSA) is 87.7 Å². The molecule has 0 aliphatic carbocycles. The number of carbonyl (C=O) groups excluding carboxylic acids is 1. The van der Waals surface area contributed by atoms with Crippen LogP contribution in [0.25, 0.3) is 0 Å². The molecule has 108 valence electrons. The Balaban J connectivity index is 1.95. The molecule has 0 radical (unpaired) electrons. The number of urea groups is 1. The summed E-state index contributed by atoms with van der Waals surface area (Å²) < 4.78 is 18.4. The fourth-order valence-corrected chi connectivity index (χ4v) is 1.95. The van der Waals surface area contributed by atoms with Gasteiger partial charge in [0.1, 0.15) is 11.7 Å². The maximum atomic E-state index is 13.3. The van der Waals surface area contributed by atoms with E-state index in [9.17, 15) is 14.0 Å². The zero-order chi connectivity index (χ0) is 14.7. The zero-order valence-electron chi connectivity index (χ0n) is 10.9. The van der Waals surface area contributed by atoms with E-state index in [1.165, 1.54) is 6.07 Å². The first-order valence-electron chi connectivity index (χ1n) is 6.11. The minimum Gasteiger partial charge on any atom is -0.481 e. The number of hydrogen-bond donors (Lipinski definition) is 3. The van der Waals surface area contributed by atoms with Gasteiger partial charge in [-0.2, -0.15) is 0 Å². The first kappa shape index (κ1) is 14.3. The number of aryl methyl sites for hydroxylation is 1. The molecule has 1 fully saturated rings. The standard InChI is InChI=1S/C13H15FN2O4/c1-7-2-3-8(4-10(7)14)15-13(19)16-11-6-20-5-9(11)12(17)18/h2-4,9,11H,5-6H2,1H3,(H,17,18)(H2,15,16,19). The van der Waals surface area contributed by atoms with Crippen LogP contribution >= 0.6 is 0 Å². The molecule has 20 heavy (non-hydrogen) atoms. The van der Waals surface area contributed by atoms with Gasteiger partial charge in [0.2, 0.25) is 0 Å². The molecule has 7 heteroatoms. The molecule has 2 atom stereocenters. The number of anilines is 1. The van der Waals surface area contributed by atoms with Gasteiger partial charge in [0.25, 0.3) is 0 Å². The fourth-order valence-electron chi connectivity index (χ4n) is 1.95. The molecule has 1 aromatic carbocycles. The van der Waals surface area contributed by atoms with Gasteiger partial charge < -0.3 is 20.5 Å². The Bertz CT molecular complexity index is 535.